The van der Waals surface area contributed by atoms with E-state index in [4.69, 9.17) is 4.74 Å². The zero-order valence-corrected chi connectivity index (χ0v) is 27.1. The number of anilines is 1. The van der Waals surface area contributed by atoms with Crippen molar-refractivity contribution >= 4 is 43.5 Å². The monoisotopic (exact) mass is 669 g/mol. The normalized spacial score (nSPS) is 14.2. The van der Waals surface area contributed by atoms with E-state index in [0.29, 0.717) is 17.9 Å². The average Bonchev–Trinajstić information content (AvgIpc) is 3.50. The van der Waals surface area contributed by atoms with Gasteiger partial charge in [-0.3, -0.25) is 13.9 Å². The Labute approximate surface area is 263 Å². The number of hydrogen-bond donors (Lipinski definition) is 1. The van der Waals surface area contributed by atoms with Gasteiger partial charge in [0.25, 0.3) is 0 Å². The number of amides is 2. The van der Waals surface area contributed by atoms with E-state index in [9.17, 15) is 18.0 Å². The first-order valence-electron chi connectivity index (χ1n) is 14.6. The molecule has 1 unspecified atom stereocenters. The van der Waals surface area contributed by atoms with Crippen molar-refractivity contribution in [3.63, 3.8) is 0 Å². The number of ether oxygens (including phenoxy) is 1. The standard InChI is InChI=1S/C33H40BrN3O5S/c1-42-31-19-9-8-18-29(31)37(43(2,40)41)21-11-20-32(38)36(24-26-14-10-15-27(34)22-26)30(23-25-12-4-3-5-13-25)33(39)35-28-16-6-7-17-28/h3-5,8-10,12-15,18-19,22,28,30H,6-7,11,16-17,20-21,23-24H2,1-2H3,(H,35,39). The number of methoxy groups -OCH3 is 1. The summed E-state index contributed by atoms with van der Waals surface area (Å²) in [5, 5.41) is 3.22. The minimum absolute atomic E-state index is 0.0666. The Hall–Kier alpha value is -3.37. The fourth-order valence-electron chi connectivity index (χ4n) is 5.57. The first-order chi connectivity index (χ1) is 20.7. The molecular weight excluding hydrogens is 630 g/mol. The fraction of sp³-hybridized carbons (Fsp3) is 0.394. The summed E-state index contributed by atoms with van der Waals surface area (Å²) >= 11 is 3.52. The van der Waals surface area contributed by atoms with Crippen molar-refractivity contribution in [3.8, 4) is 5.75 Å². The number of carbonyl (C=O) groups excluding carboxylic acids is 2. The maximum Gasteiger partial charge on any atom is 0.243 e. The molecule has 8 nitrogen and oxygen atoms in total. The van der Waals surface area contributed by atoms with Gasteiger partial charge < -0.3 is 15.0 Å². The quantitative estimate of drug-likeness (QED) is 0.238. The van der Waals surface area contributed by atoms with Crippen molar-refractivity contribution in [2.45, 2.75) is 63.6 Å². The number of rotatable bonds is 14. The van der Waals surface area contributed by atoms with E-state index >= 15 is 0 Å². The largest absolute Gasteiger partial charge is 0.495 e. The van der Waals surface area contributed by atoms with Gasteiger partial charge in [-0.15, -0.1) is 0 Å². The molecule has 0 aliphatic heterocycles. The molecule has 4 rings (SSSR count). The summed E-state index contributed by atoms with van der Waals surface area (Å²) in [7, 11) is -2.15. The molecule has 0 spiro atoms. The minimum Gasteiger partial charge on any atom is -0.495 e. The number of para-hydroxylation sites is 2. The summed E-state index contributed by atoms with van der Waals surface area (Å²) in [5.74, 6) is 0.0592. The third kappa shape index (κ3) is 9.31. The Morgan fingerprint density at radius 3 is 2.33 bits per heavy atom. The predicted molar refractivity (Wildman–Crippen MR) is 173 cm³/mol. The molecule has 3 aromatic carbocycles. The van der Waals surface area contributed by atoms with Gasteiger partial charge in [-0.1, -0.05) is 83.4 Å². The highest BCUT2D eigenvalue weighted by atomic mass is 79.9. The lowest BCUT2D eigenvalue weighted by Gasteiger charge is -2.33. The van der Waals surface area contributed by atoms with E-state index in [1.165, 1.54) is 11.4 Å². The van der Waals surface area contributed by atoms with Crippen LogP contribution in [0.2, 0.25) is 0 Å². The third-order valence-corrected chi connectivity index (χ3v) is 9.39. The van der Waals surface area contributed by atoms with Crippen LogP contribution < -0.4 is 14.4 Å². The predicted octanol–water partition coefficient (Wildman–Crippen LogP) is 5.70. The Balaban J connectivity index is 1.60. The van der Waals surface area contributed by atoms with Crippen molar-refractivity contribution in [2.75, 3.05) is 24.2 Å². The lowest BCUT2D eigenvalue weighted by atomic mass is 10.0. The maximum absolute atomic E-state index is 14.0. The van der Waals surface area contributed by atoms with Crippen LogP contribution in [0.5, 0.6) is 5.75 Å². The zero-order valence-electron chi connectivity index (χ0n) is 24.7. The molecule has 1 saturated carbocycles. The first kappa shape index (κ1) is 32.5. The van der Waals surface area contributed by atoms with Gasteiger partial charge in [-0.25, -0.2) is 8.42 Å². The molecule has 0 heterocycles. The van der Waals surface area contributed by atoms with Crippen LogP contribution in [-0.4, -0.2) is 57.1 Å². The number of nitrogens with zero attached hydrogens (tertiary/aromatic N) is 2. The van der Waals surface area contributed by atoms with Crippen LogP contribution in [-0.2, 0) is 32.6 Å². The zero-order chi connectivity index (χ0) is 30.8. The SMILES string of the molecule is COc1ccccc1N(CCCC(=O)N(Cc1cccc(Br)c1)C(Cc1ccccc1)C(=O)NC1CCCC1)S(C)(=O)=O. The lowest BCUT2D eigenvalue weighted by molar-refractivity contribution is -0.141. The van der Waals surface area contributed by atoms with Gasteiger partial charge in [-0.05, 0) is 54.7 Å². The van der Waals surface area contributed by atoms with Crippen LogP contribution in [0.4, 0.5) is 5.69 Å². The summed E-state index contributed by atoms with van der Waals surface area (Å²) in [6, 6.07) is 23.7. The summed E-state index contributed by atoms with van der Waals surface area (Å²) in [5.41, 5.74) is 2.27. The van der Waals surface area contributed by atoms with Gasteiger partial charge in [0.2, 0.25) is 21.8 Å². The number of halogens is 1. The number of benzene rings is 3. The second kappa shape index (κ2) is 15.4. The highest BCUT2D eigenvalue weighted by Crippen LogP contribution is 2.30. The van der Waals surface area contributed by atoms with Crippen LogP contribution in [0.25, 0.3) is 0 Å². The van der Waals surface area contributed by atoms with Crippen LogP contribution >= 0.6 is 15.9 Å². The number of nitrogens with one attached hydrogen (secondary N) is 1. The fourth-order valence-corrected chi connectivity index (χ4v) is 6.99. The van der Waals surface area contributed by atoms with Gasteiger partial charge >= 0.3 is 0 Å². The Morgan fingerprint density at radius 1 is 0.977 bits per heavy atom. The smallest absolute Gasteiger partial charge is 0.243 e. The number of hydrogen-bond acceptors (Lipinski definition) is 5. The summed E-state index contributed by atoms with van der Waals surface area (Å²) in [6.07, 6.45) is 5.88. The second-order valence-corrected chi connectivity index (χ2v) is 13.8. The van der Waals surface area contributed by atoms with Crippen LogP contribution in [0, 0.1) is 0 Å². The molecule has 10 heteroatoms. The van der Waals surface area contributed by atoms with E-state index in [2.05, 4.69) is 21.2 Å². The van der Waals surface area contributed by atoms with E-state index in [0.717, 1.165) is 47.5 Å². The third-order valence-electron chi connectivity index (χ3n) is 7.72. The number of sulfonamides is 1. The van der Waals surface area contributed by atoms with Crippen LogP contribution in [0.3, 0.4) is 0 Å². The summed E-state index contributed by atoms with van der Waals surface area (Å²) < 4.78 is 33.1. The van der Waals surface area contributed by atoms with Crippen molar-refractivity contribution in [2.24, 2.45) is 0 Å². The first-order valence-corrected chi connectivity index (χ1v) is 17.3. The number of carbonyl (C=O) groups is 2. The van der Waals surface area contributed by atoms with E-state index in [1.54, 1.807) is 29.2 Å². The molecule has 3 aromatic rings. The van der Waals surface area contributed by atoms with Crippen LogP contribution in [0.1, 0.15) is 49.7 Å². The van der Waals surface area contributed by atoms with Crippen molar-refractivity contribution in [1.29, 1.82) is 0 Å². The molecule has 1 aliphatic rings. The average molecular weight is 671 g/mol. The topological polar surface area (TPSA) is 96.0 Å². The van der Waals surface area contributed by atoms with Crippen molar-refractivity contribution < 1.29 is 22.7 Å². The Kier molecular flexibility index (Phi) is 11.6. The molecule has 1 atom stereocenters. The van der Waals surface area contributed by atoms with Gasteiger partial charge in [0.15, 0.2) is 0 Å². The second-order valence-electron chi connectivity index (χ2n) is 11.0. The van der Waals surface area contributed by atoms with E-state index in [-0.39, 0.29) is 43.8 Å². The summed E-state index contributed by atoms with van der Waals surface area (Å²) in [4.78, 5) is 29.6. The Morgan fingerprint density at radius 2 is 1.65 bits per heavy atom. The van der Waals surface area contributed by atoms with E-state index < -0.39 is 16.1 Å². The molecule has 0 aromatic heterocycles. The molecule has 43 heavy (non-hydrogen) atoms. The van der Waals surface area contributed by atoms with Crippen molar-refractivity contribution in [1.82, 2.24) is 10.2 Å². The summed E-state index contributed by atoms with van der Waals surface area (Å²) in [6.45, 7) is 0.337. The molecule has 0 saturated heterocycles. The highest BCUT2D eigenvalue weighted by Gasteiger charge is 2.32. The minimum atomic E-state index is -3.65. The van der Waals surface area contributed by atoms with Crippen LogP contribution in [0.15, 0.2) is 83.3 Å². The molecule has 1 aliphatic carbocycles. The highest BCUT2D eigenvalue weighted by molar-refractivity contribution is 9.10. The lowest BCUT2D eigenvalue weighted by Crippen LogP contribution is -2.52. The van der Waals surface area contributed by atoms with Gasteiger partial charge in [0, 0.05) is 36.4 Å². The molecule has 2 amide bonds. The van der Waals surface area contributed by atoms with Gasteiger partial charge in [0.1, 0.15) is 11.8 Å². The molecule has 1 N–H and O–H groups in total. The molecule has 0 radical (unpaired) electrons. The van der Waals surface area contributed by atoms with Gasteiger partial charge in [0.05, 0.1) is 19.1 Å². The molecule has 1 fully saturated rings. The van der Waals surface area contributed by atoms with E-state index in [1.807, 2.05) is 54.6 Å². The molecule has 0 bridgehead atoms. The maximum atomic E-state index is 14.0. The van der Waals surface area contributed by atoms with Gasteiger partial charge in [-0.2, -0.15) is 0 Å². The Bertz CT molecular complexity index is 1480. The molecular formula is C33H40BrN3O5S. The molecule has 230 valence electrons. The van der Waals surface area contributed by atoms with Crippen molar-refractivity contribution in [3.05, 3.63) is 94.5 Å².